The van der Waals surface area contributed by atoms with Crippen molar-refractivity contribution in [3.05, 3.63) is 239 Å². The van der Waals surface area contributed by atoms with Gasteiger partial charge in [0.1, 0.15) is 24.0 Å². The molecule has 0 saturated carbocycles. The normalized spacial score (nSPS) is 15.2. The second-order valence-corrected chi connectivity index (χ2v) is 34.0. The maximum absolute atomic E-state index is 9.61. The fourth-order valence-corrected chi connectivity index (χ4v) is 19.5. The Labute approximate surface area is 539 Å². The summed E-state index contributed by atoms with van der Waals surface area (Å²) >= 11 is 0. The summed E-state index contributed by atoms with van der Waals surface area (Å²) < 4.78 is 53.3. The SMILES string of the molecule is [2H]c1c([2H])c([2H])c(-c2c(C)c(C)c(C)c(-c3cc(C(C)(C)C)cc(C(C)(C)C)c3)c2N2CN(c3cccc(Oc4ccc5c(c4)N(c4cc(C(C)(C)C)ccn4)c4ccccc4[Si]54c5cc(C(C)(C)C)ccc5-c5ccc(C(C)(C)C)cc54)c3)c3ccccc32)c([2H])c1[2H]. The highest BCUT2D eigenvalue weighted by Crippen LogP contribution is 2.54. The van der Waals surface area contributed by atoms with Gasteiger partial charge in [-0.1, -0.05) is 231 Å². The second kappa shape index (κ2) is 21.1. The molecule has 0 unspecified atom stereocenters. The van der Waals surface area contributed by atoms with Gasteiger partial charge in [0, 0.05) is 40.8 Å². The lowest BCUT2D eigenvalue weighted by Gasteiger charge is -2.44. The van der Waals surface area contributed by atoms with Gasteiger partial charge in [0.05, 0.1) is 29.6 Å². The van der Waals surface area contributed by atoms with Gasteiger partial charge in [-0.3, -0.25) is 4.90 Å². The Kier molecular flexibility index (Phi) is 12.7. The first kappa shape index (κ1) is 53.6. The third-order valence-electron chi connectivity index (χ3n) is 19.3. The van der Waals surface area contributed by atoms with Crippen molar-refractivity contribution in [1.82, 2.24) is 4.98 Å². The minimum atomic E-state index is -3.14. The van der Waals surface area contributed by atoms with Crippen LogP contribution in [0.5, 0.6) is 11.5 Å². The van der Waals surface area contributed by atoms with E-state index in [0.29, 0.717) is 23.7 Å². The van der Waals surface area contributed by atoms with Crippen molar-refractivity contribution in [2.75, 3.05) is 21.4 Å². The summed E-state index contributed by atoms with van der Waals surface area (Å²) in [5.41, 5.74) is 19.5. The molecule has 3 aliphatic heterocycles. The summed E-state index contributed by atoms with van der Waals surface area (Å²) in [4.78, 5) is 12.2. The van der Waals surface area contributed by atoms with Crippen molar-refractivity contribution in [2.24, 2.45) is 0 Å². The Morgan fingerprint density at radius 2 is 0.933 bits per heavy atom. The predicted molar refractivity (Wildman–Crippen MR) is 382 cm³/mol. The number of anilines is 7. The van der Waals surface area contributed by atoms with Crippen LogP contribution in [0.25, 0.3) is 33.4 Å². The first-order valence-electron chi connectivity index (χ1n) is 34.2. The standard InChI is InChI=1S/C83H88N4OSi/c1-52-53(2)76(55-27-20-19-21-28-55)78(77(54(52)3)56-43-60(82(13,14)15)45-61(44-56)83(16,17)18)86-51-85(67-31-22-23-32-68(67)86)62-29-26-30-63(49-62)88-64-37-40-72-70(50-64)87(75-48-59(41-42-84-75)81(10,11)12)69-33-24-25-34-71(69)89(72)73-46-57(79(4,5)6)35-38-65(73)66-39-36-58(47-74(66)89)80(7,8)9/h19-50H,51H2,1-18H3/i19D,20D,21D,27D,28D. The quantitative estimate of drug-likeness (QED) is 0.149. The minimum Gasteiger partial charge on any atom is -0.457 e. The van der Waals surface area contributed by atoms with Crippen LogP contribution in [0.3, 0.4) is 0 Å². The van der Waals surface area contributed by atoms with Crippen LogP contribution in [0.15, 0.2) is 194 Å². The molecular formula is C83H88N4OSi. The van der Waals surface area contributed by atoms with Crippen molar-refractivity contribution in [1.29, 1.82) is 0 Å². The molecule has 0 radical (unpaired) electrons. The molecule has 4 heterocycles. The van der Waals surface area contributed by atoms with Crippen molar-refractivity contribution >= 4 is 68.8 Å². The van der Waals surface area contributed by atoms with Crippen molar-refractivity contribution in [2.45, 2.75) is 152 Å². The van der Waals surface area contributed by atoms with E-state index < -0.39 is 14.1 Å². The zero-order valence-electron chi connectivity index (χ0n) is 60.5. The molecule has 450 valence electrons. The van der Waals surface area contributed by atoms with E-state index in [2.05, 4.69) is 284 Å². The lowest BCUT2D eigenvalue weighted by molar-refractivity contribution is 0.483. The second-order valence-electron chi connectivity index (χ2n) is 30.3. The first-order valence-corrected chi connectivity index (χ1v) is 33.7. The number of benzene rings is 9. The molecule has 1 aromatic heterocycles. The number of para-hydroxylation sites is 3. The molecule has 1 spiro atoms. The van der Waals surface area contributed by atoms with Crippen LogP contribution in [0, 0.1) is 20.8 Å². The Morgan fingerprint density at radius 3 is 1.52 bits per heavy atom. The zero-order chi connectivity index (χ0) is 67.4. The summed E-state index contributed by atoms with van der Waals surface area (Å²) in [5.74, 6) is 2.20. The molecule has 5 nitrogen and oxygen atoms in total. The number of pyridine rings is 1. The summed E-state index contributed by atoms with van der Waals surface area (Å²) in [6, 6.07) is 57.0. The van der Waals surface area contributed by atoms with Crippen LogP contribution in [0.2, 0.25) is 0 Å². The third-order valence-corrected chi connectivity index (χ3v) is 24.2. The van der Waals surface area contributed by atoms with Crippen LogP contribution >= 0.6 is 0 Å². The Bertz CT molecular complexity index is 4660. The van der Waals surface area contributed by atoms with Gasteiger partial charge < -0.3 is 14.5 Å². The van der Waals surface area contributed by atoms with Gasteiger partial charge in [-0.25, -0.2) is 4.98 Å². The number of rotatable bonds is 7. The molecule has 0 amide bonds. The number of fused-ring (bicyclic) bond motifs is 10. The van der Waals surface area contributed by atoms with E-state index in [-0.39, 0.29) is 56.8 Å². The van der Waals surface area contributed by atoms with Gasteiger partial charge in [0.25, 0.3) is 0 Å². The topological polar surface area (TPSA) is 31.8 Å². The van der Waals surface area contributed by atoms with E-state index in [1.807, 2.05) is 19.2 Å². The van der Waals surface area contributed by atoms with E-state index in [4.69, 9.17) is 13.8 Å². The van der Waals surface area contributed by atoms with Gasteiger partial charge >= 0.3 is 0 Å². The molecule has 0 aliphatic carbocycles. The Morgan fingerprint density at radius 1 is 0.416 bits per heavy atom. The lowest BCUT2D eigenvalue weighted by atomic mass is 9.77. The van der Waals surface area contributed by atoms with Crippen molar-refractivity contribution < 1.29 is 11.6 Å². The van der Waals surface area contributed by atoms with Crippen LogP contribution in [0.1, 0.15) is 155 Å². The third kappa shape index (κ3) is 10.0. The largest absolute Gasteiger partial charge is 0.457 e. The minimum absolute atomic E-state index is 0.0914. The molecule has 0 saturated heterocycles. The number of ether oxygens (including phenoxy) is 1. The highest BCUT2D eigenvalue weighted by molar-refractivity contribution is 7.23. The molecular weight excluding hydrogens is 1100 g/mol. The van der Waals surface area contributed by atoms with E-state index >= 15 is 0 Å². The van der Waals surface area contributed by atoms with E-state index in [1.165, 1.54) is 59.7 Å². The van der Waals surface area contributed by atoms with E-state index in [9.17, 15) is 2.74 Å². The molecule has 9 aromatic carbocycles. The highest BCUT2D eigenvalue weighted by atomic mass is 28.3. The van der Waals surface area contributed by atoms with Gasteiger partial charge in [-0.2, -0.15) is 0 Å². The lowest BCUT2D eigenvalue weighted by Crippen LogP contribution is -2.75. The average Bonchev–Trinajstić information content (AvgIpc) is 1.44. The smallest absolute Gasteiger partial charge is 0.185 e. The number of hydrogen-bond donors (Lipinski definition) is 0. The number of aromatic nitrogens is 1. The van der Waals surface area contributed by atoms with E-state index in [1.54, 1.807) is 0 Å². The molecule has 0 atom stereocenters. The maximum atomic E-state index is 9.61. The van der Waals surface area contributed by atoms with Gasteiger partial charge in [-0.15, -0.1) is 0 Å². The predicted octanol–water partition coefficient (Wildman–Crippen LogP) is 20.0. The molecule has 0 bridgehead atoms. The Balaban J connectivity index is 0.994. The van der Waals surface area contributed by atoms with Crippen molar-refractivity contribution in [3.8, 4) is 44.9 Å². The molecule has 6 heteroatoms. The van der Waals surface area contributed by atoms with Crippen LogP contribution < -0.4 is 40.2 Å². The molecule has 3 aliphatic rings. The van der Waals surface area contributed by atoms with Crippen LogP contribution in [-0.4, -0.2) is 19.7 Å². The summed E-state index contributed by atoms with van der Waals surface area (Å²) in [5, 5.41) is 5.43. The van der Waals surface area contributed by atoms with Crippen LogP contribution in [-0.2, 0) is 27.1 Å². The molecule has 0 N–H and O–H groups in total. The number of nitrogens with zero attached hydrogens (tertiary/aromatic N) is 4. The molecule has 10 aromatic rings. The monoisotopic (exact) mass is 1190 g/mol. The van der Waals surface area contributed by atoms with Crippen LogP contribution in [0.4, 0.5) is 39.9 Å². The fraction of sp³-hybridized carbons (Fsp3) is 0.289. The highest BCUT2D eigenvalue weighted by Gasteiger charge is 2.55. The van der Waals surface area contributed by atoms with Gasteiger partial charge in [0.2, 0.25) is 0 Å². The molecule has 13 rings (SSSR count). The summed E-state index contributed by atoms with van der Waals surface area (Å²) in [6.45, 7) is 40.8. The fourth-order valence-electron chi connectivity index (χ4n) is 14.0. The Hall–Kier alpha value is -8.45. The van der Waals surface area contributed by atoms with Crippen molar-refractivity contribution in [3.63, 3.8) is 0 Å². The summed E-state index contributed by atoms with van der Waals surface area (Å²) in [6.07, 6.45) is 1.96. The molecule has 0 fully saturated rings. The summed E-state index contributed by atoms with van der Waals surface area (Å²) in [7, 11) is -3.14. The first-order chi connectivity index (χ1) is 44.1. The average molecular weight is 1190 g/mol. The van der Waals surface area contributed by atoms with E-state index in [0.717, 1.165) is 67.8 Å². The van der Waals surface area contributed by atoms with Gasteiger partial charge in [-0.05, 0) is 184 Å². The zero-order valence-corrected chi connectivity index (χ0v) is 56.5. The van der Waals surface area contributed by atoms with Gasteiger partial charge in [0.15, 0.2) is 8.07 Å². The number of hydrogen-bond acceptors (Lipinski definition) is 5. The maximum Gasteiger partial charge on any atom is 0.185 e. The molecule has 89 heavy (non-hydrogen) atoms.